The molecule has 0 radical (unpaired) electrons. The fourth-order valence-corrected chi connectivity index (χ4v) is 6.60. The first-order valence-corrected chi connectivity index (χ1v) is 15.9. The third-order valence-electron chi connectivity index (χ3n) is 7.40. The van der Waals surface area contributed by atoms with Crippen LogP contribution in [0.15, 0.2) is 53.3 Å². The number of benzene rings is 1. The summed E-state index contributed by atoms with van der Waals surface area (Å²) >= 11 is 1.36. The van der Waals surface area contributed by atoms with Gasteiger partial charge in [-0.15, -0.1) is 11.8 Å². The molecule has 3 rings (SSSR count). The average Bonchev–Trinajstić information content (AvgIpc) is 3.32. The van der Waals surface area contributed by atoms with E-state index in [1.54, 1.807) is 7.05 Å². The zero-order chi connectivity index (χ0) is 32.1. The number of hydrogen-bond donors (Lipinski definition) is 6. The molecular weight excluding hydrogens is 588 g/mol. The van der Waals surface area contributed by atoms with Gasteiger partial charge in [-0.2, -0.15) is 0 Å². The van der Waals surface area contributed by atoms with Gasteiger partial charge in [0.1, 0.15) is 30.3 Å². The first-order chi connectivity index (χ1) is 21.1. The van der Waals surface area contributed by atoms with E-state index >= 15 is 0 Å². The van der Waals surface area contributed by atoms with Crippen LogP contribution in [0.4, 0.5) is 0 Å². The molecule has 1 aromatic rings. The standard InChI is InChI=1S/C31H42N4O8S/c1-3-7-25(28-21-11-10-20(15-22(21)31(42)43-28)14-19-8-5-4-6-9-19)44-17-24(29(39)33-16-27(37)38)35-26(36)13-12-23(30(40)41)34-18-32-2/h4-6,8-9,15,22-25,32,34H,3,7,10-14,16-18H2,1-2H3,(H,33,39)(H,35,36)(H,37,38)(H,40,41)/t22-,23+,24+,25-/m1/s1. The number of rotatable bonds is 19. The predicted octanol–water partition coefficient (Wildman–Crippen LogP) is 1.96. The summed E-state index contributed by atoms with van der Waals surface area (Å²) in [6, 6.07) is 8.03. The van der Waals surface area contributed by atoms with Crippen LogP contribution in [-0.2, 0) is 35.1 Å². The maximum atomic E-state index is 13.0. The molecule has 2 aliphatic rings. The van der Waals surface area contributed by atoms with Crippen LogP contribution in [0.1, 0.15) is 51.0 Å². The molecule has 240 valence electrons. The second kappa shape index (κ2) is 17.6. The van der Waals surface area contributed by atoms with E-state index in [0.717, 1.165) is 24.8 Å². The normalized spacial score (nSPS) is 18.0. The van der Waals surface area contributed by atoms with Gasteiger partial charge in [-0.25, -0.2) is 0 Å². The Morgan fingerprint density at radius 1 is 1.07 bits per heavy atom. The average molecular weight is 631 g/mol. The van der Waals surface area contributed by atoms with Gasteiger partial charge in [0.25, 0.3) is 0 Å². The molecule has 0 saturated heterocycles. The second-order valence-electron chi connectivity index (χ2n) is 10.8. The van der Waals surface area contributed by atoms with E-state index in [-0.39, 0.29) is 36.5 Å². The van der Waals surface area contributed by atoms with Crippen molar-refractivity contribution in [2.24, 2.45) is 5.92 Å². The minimum atomic E-state index is -1.23. The highest BCUT2D eigenvalue weighted by Gasteiger charge is 2.39. The minimum Gasteiger partial charge on any atom is -0.480 e. The Morgan fingerprint density at radius 2 is 1.82 bits per heavy atom. The van der Waals surface area contributed by atoms with Crippen molar-refractivity contribution in [3.63, 3.8) is 0 Å². The molecule has 44 heavy (non-hydrogen) atoms. The number of carbonyl (C=O) groups is 5. The van der Waals surface area contributed by atoms with E-state index in [2.05, 4.69) is 33.4 Å². The van der Waals surface area contributed by atoms with Crippen molar-refractivity contribution in [1.82, 2.24) is 21.3 Å². The number of hydrogen-bond acceptors (Lipinski definition) is 9. The van der Waals surface area contributed by atoms with Crippen molar-refractivity contribution in [1.29, 1.82) is 0 Å². The van der Waals surface area contributed by atoms with Crippen molar-refractivity contribution in [2.75, 3.05) is 26.0 Å². The summed E-state index contributed by atoms with van der Waals surface area (Å²) in [6.07, 6.45) is 5.55. The summed E-state index contributed by atoms with van der Waals surface area (Å²) in [6.45, 7) is 1.63. The Kier molecular flexibility index (Phi) is 13.9. The van der Waals surface area contributed by atoms with E-state index in [4.69, 9.17) is 9.84 Å². The van der Waals surface area contributed by atoms with Gasteiger partial charge in [0.2, 0.25) is 11.8 Å². The molecule has 1 aliphatic heterocycles. The fourth-order valence-electron chi connectivity index (χ4n) is 5.19. The number of esters is 1. The van der Waals surface area contributed by atoms with Crippen LogP contribution >= 0.6 is 11.8 Å². The second-order valence-corrected chi connectivity index (χ2v) is 12.0. The molecule has 0 saturated carbocycles. The van der Waals surface area contributed by atoms with Crippen LogP contribution in [0.2, 0.25) is 0 Å². The SMILES string of the molecule is CCC[C@@H](SC[C@H](NC(=O)CC[C@H](NCNC)C(=O)O)C(=O)NCC(=O)O)C1=C2CCC(Cc3ccccc3)=C[C@H]2C(=O)O1. The van der Waals surface area contributed by atoms with Crippen LogP contribution < -0.4 is 21.3 Å². The van der Waals surface area contributed by atoms with Crippen LogP contribution in [-0.4, -0.2) is 83.3 Å². The molecular formula is C31H42N4O8S. The number of ether oxygens (including phenoxy) is 1. The number of carboxylic acids is 2. The molecule has 13 heteroatoms. The van der Waals surface area contributed by atoms with E-state index < -0.39 is 48.3 Å². The number of aliphatic carboxylic acids is 2. The van der Waals surface area contributed by atoms with E-state index in [0.29, 0.717) is 18.6 Å². The Labute approximate surface area is 261 Å². The number of allylic oxidation sites excluding steroid dienone is 1. The molecule has 2 amide bonds. The van der Waals surface area contributed by atoms with Crippen molar-refractivity contribution >= 4 is 41.5 Å². The molecule has 6 N–H and O–H groups in total. The summed E-state index contributed by atoms with van der Waals surface area (Å²) in [5, 5.41) is 28.7. The lowest BCUT2D eigenvalue weighted by Crippen LogP contribution is -2.50. The molecule has 0 fully saturated rings. The first-order valence-electron chi connectivity index (χ1n) is 14.8. The molecule has 1 heterocycles. The Bertz CT molecular complexity index is 1250. The molecule has 0 spiro atoms. The number of cyclic esters (lactones) is 1. The summed E-state index contributed by atoms with van der Waals surface area (Å²) < 4.78 is 5.84. The monoisotopic (exact) mass is 630 g/mol. The van der Waals surface area contributed by atoms with Gasteiger partial charge in [0, 0.05) is 18.8 Å². The van der Waals surface area contributed by atoms with Crippen LogP contribution in [0.5, 0.6) is 0 Å². The minimum absolute atomic E-state index is 0.00865. The topological polar surface area (TPSA) is 183 Å². The molecule has 4 atom stereocenters. The number of amides is 2. The molecule has 0 bridgehead atoms. The molecule has 1 aromatic carbocycles. The van der Waals surface area contributed by atoms with Gasteiger partial charge >= 0.3 is 17.9 Å². The number of thioether (sulfide) groups is 1. The summed E-state index contributed by atoms with van der Waals surface area (Å²) in [5.74, 6) is -3.59. The third kappa shape index (κ3) is 10.5. The number of fused-ring (bicyclic) bond motifs is 1. The highest BCUT2D eigenvalue weighted by molar-refractivity contribution is 8.00. The smallest absolute Gasteiger partial charge is 0.322 e. The van der Waals surface area contributed by atoms with Gasteiger partial charge in [0.15, 0.2) is 0 Å². The lowest BCUT2D eigenvalue weighted by Gasteiger charge is -2.23. The van der Waals surface area contributed by atoms with Gasteiger partial charge in [-0.05, 0) is 50.3 Å². The van der Waals surface area contributed by atoms with Crippen LogP contribution in [0, 0.1) is 5.92 Å². The van der Waals surface area contributed by atoms with Gasteiger partial charge < -0.3 is 30.9 Å². The summed E-state index contributed by atoms with van der Waals surface area (Å²) in [5.41, 5.74) is 3.31. The number of nitrogens with one attached hydrogen (secondary N) is 4. The lowest BCUT2D eigenvalue weighted by molar-refractivity contribution is -0.140. The van der Waals surface area contributed by atoms with Crippen molar-refractivity contribution in [3.8, 4) is 0 Å². The molecule has 0 unspecified atom stereocenters. The Hall–Kier alpha value is -3.68. The molecule has 1 aliphatic carbocycles. The quantitative estimate of drug-likeness (QED) is 0.0747. The van der Waals surface area contributed by atoms with Crippen molar-refractivity contribution in [3.05, 3.63) is 58.9 Å². The summed E-state index contributed by atoms with van der Waals surface area (Å²) in [7, 11) is 1.65. The highest BCUT2D eigenvalue weighted by atomic mass is 32.2. The zero-order valence-corrected chi connectivity index (χ0v) is 25.9. The fraction of sp³-hybridized carbons (Fsp3) is 0.516. The van der Waals surface area contributed by atoms with E-state index in [9.17, 15) is 29.1 Å². The van der Waals surface area contributed by atoms with Gasteiger partial charge in [-0.1, -0.05) is 55.3 Å². The van der Waals surface area contributed by atoms with E-state index in [1.807, 2.05) is 31.2 Å². The first kappa shape index (κ1) is 34.8. The molecule has 0 aromatic heterocycles. The Balaban J connectivity index is 1.71. The predicted molar refractivity (Wildman–Crippen MR) is 166 cm³/mol. The number of carbonyl (C=O) groups excluding carboxylic acids is 3. The van der Waals surface area contributed by atoms with E-state index in [1.165, 1.54) is 22.9 Å². The molecule has 12 nitrogen and oxygen atoms in total. The largest absolute Gasteiger partial charge is 0.480 e. The van der Waals surface area contributed by atoms with Crippen LogP contribution in [0.3, 0.4) is 0 Å². The summed E-state index contributed by atoms with van der Waals surface area (Å²) in [4.78, 5) is 61.2. The third-order valence-corrected chi connectivity index (χ3v) is 8.78. The maximum Gasteiger partial charge on any atom is 0.322 e. The van der Waals surface area contributed by atoms with Gasteiger partial charge in [0.05, 0.1) is 5.25 Å². The van der Waals surface area contributed by atoms with Crippen LogP contribution in [0.25, 0.3) is 0 Å². The lowest BCUT2D eigenvalue weighted by atomic mass is 9.83. The van der Waals surface area contributed by atoms with Gasteiger partial charge in [-0.3, -0.25) is 29.3 Å². The van der Waals surface area contributed by atoms with Crippen molar-refractivity contribution in [2.45, 2.75) is 69.2 Å². The number of carboxylic acid groups (broad SMARTS) is 2. The van der Waals surface area contributed by atoms with Crippen molar-refractivity contribution < 1.29 is 38.9 Å². The maximum absolute atomic E-state index is 13.0. The Morgan fingerprint density at radius 3 is 2.48 bits per heavy atom. The zero-order valence-electron chi connectivity index (χ0n) is 25.1. The highest BCUT2D eigenvalue weighted by Crippen LogP contribution is 2.42.